The van der Waals surface area contributed by atoms with Crippen LogP contribution in [0.3, 0.4) is 0 Å². The topological polar surface area (TPSA) is 66.6 Å². The Morgan fingerprint density at radius 2 is 1.74 bits per heavy atom. The second kappa shape index (κ2) is 5.48. The first kappa shape index (κ1) is 13.0. The van der Waals surface area contributed by atoms with E-state index in [1.54, 1.807) is 26.4 Å². The minimum atomic E-state index is 0.398. The molecule has 0 fully saturated rings. The maximum atomic E-state index is 5.76. The lowest BCUT2D eigenvalue weighted by Crippen LogP contribution is -1.97. The van der Waals surface area contributed by atoms with Crippen LogP contribution in [-0.4, -0.2) is 26.3 Å². The number of anilines is 1. The van der Waals surface area contributed by atoms with Gasteiger partial charge < -0.3 is 19.9 Å². The van der Waals surface area contributed by atoms with Gasteiger partial charge in [0.15, 0.2) is 0 Å². The van der Waals surface area contributed by atoms with Crippen LogP contribution in [-0.2, 0) is 0 Å². The van der Waals surface area contributed by atoms with Crippen molar-refractivity contribution in [1.29, 1.82) is 0 Å². The summed E-state index contributed by atoms with van der Waals surface area (Å²) in [6, 6.07) is 9.12. The van der Waals surface area contributed by atoms with Crippen LogP contribution >= 0.6 is 0 Å². The first-order valence-corrected chi connectivity index (χ1v) is 5.72. The summed E-state index contributed by atoms with van der Waals surface area (Å²) in [6.45, 7) is 0. The number of hydrogen-bond donors (Lipinski definition) is 1. The molecule has 1 heterocycles. The quantitative estimate of drug-likeness (QED) is 0.914. The molecule has 0 saturated heterocycles. The van der Waals surface area contributed by atoms with Crippen LogP contribution in [0.2, 0.25) is 0 Å². The highest BCUT2D eigenvalue weighted by Gasteiger charge is 2.11. The molecule has 1 aromatic carbocycles. The van der Waals surface area contributed by atoms with Gasteiger partial charge in [-0.1, -0.05) is 0 Å². The van der Waals surface area contributed by atoms with Gasteiger partial charge in [-0.2, -0.15) is 0 Å². The van der Waals surface area contributed by atoms with E-state index in [1.807, 2.05) is 18.2 Å². The summed E-state index contributed by atoms with van der Waals surface area (Å²) in [4.78, 5) is 4.36. The van der Waals surface area contributed by atoms with Crippen LogP contribution in [0.5, 0.6) is 17.4 Å². The highest BCUT2D eigenvalue weighted by molar-refractivity contribution is 5.70. The summed E-state index contributed by atoms with van der Waals surface area (Å²) >= 11 is 0. The minimum Gasteiger partial charge on any atom is -0.497 e. The predicted molar refractivity (Wildman–Crippen MR) is 73.7 cm³/mol. The van der Waals surface area contributed by atoms with Crippen LogP contribution in [0, 0.1) is 0 Å². The van der Waals surface area contributed by atoms with Gasteiger partial charge in [0, 0.05) is 11.6 Å². The standard InChI is InChI=1S/C14H16N2O3/c1-17-9-4-5-10(13(8-9)18-2)12-7-6-11(15)14(16-12)19-3/h4-8H,15H2,1-3H3. The number of nitrogens with two attached hydrogens (primary N) is 1. The summed E-state index contributed by atoms with van der Waals surface area (Å²) < 4.78 is 15.6. The number of methoxy groups -OCH3 is 3. The highest BCUT2D eigenvalue weighted by atomic mass is 16.5. The van der Waals surface area contributed by atoms with E-state index in [1.165, 1.54) is 7.11 Å². The van der Waals surface area contributed by atoms with Crippen LogP contribution < -0.4 is 19.9 Å². The Morgan fingerprint density at radius 3 is 2.37 bits per heavy atom. The van der Waals surface area contributed by atoms with Gasteiger partial charge in [0.05, 0.1) is 32.7 Å². The van der Waals surface area contributed by atoms with Crippen molar-refractivity contribution in [3.8, 4) is 28.6 Å². The van der Waals surface area contributed by atoms with Crippen molar-refractivity contribution in [2.24, 2.45) is 0 Å². The molecule has 100 valence electrons. The summed E-state index contributed by atoms with van der Waals surface area (Å²) in [6.07, 6.45) is 0. The summed E-state index contributed by atoms with van der Waals surface area (Å²) in [5.74, 6) is 1.80. The van der Waals surface area contributed by atoms with Gasteiger partial charge in [0.2, 0.25) is 5.88 Å². The molecule has 0 bridgehead atoms. The van der Waals surface area contributed by atoms with E-state index < -0.39 is 0 Å². The van der Waals surface area contributed by atoms with Gasteiger partial charge in [0.25, 0.3) is 0 Å². The van der Waals surface area contributed by atoms with E-state index in [-0.39, 0.29) is 0 Å². The molecule has 19 heavy (non-hydrogen) atoms. The zero-order valence-electron chi connectivity index (χ0n) is 11.1. The second-order valence-corrected chi connectivity index (χ2v) is 3.86. The van der Waals surface area contributed by atoms with E-state index in [0.717, 1.165) is 17.0 Å². The SMILES string of the molecule is COc1ccc(-c2ccc(N)c(OC)n2)c(OC)c1. The van der Waals surface area contributed by atoms with Crippen molar-refractivity contribution in [2.75, 3.05) is 27.1 Å². The Balaban J connectivity index is 2.52. The Labute approximate surface area is 111 Å². The molecule has 0 saturated carbocycles. The number of pyridine rings is 1. The third-order valence-electron chi connectivity index (χ3n) is 2.77. The molecular weight excluding hydrogens is 244 g/mol. The lowest BCUT2D eigenvalue weighted by atomic mass is 10.1. The van der Waals surface area contributed by atoms with Crippen LogP contribution in [0.1, 0.15) is 0 Å². The zero-order chi connectivity index (χ0) is 13.8. The fourth-order valence-corrected chi connectivity index (χ4v) is 1.77. The van der Waals surface area contributed by atoms with Crippen molar-refractivity contribution in [3.05, 3.63) is 30.3 Å². The van der Waals surface area contributed by atoms with Crippen molar-refractivity contribution < 1.29 is 14.2 Å². The molecule has 2 aromatic rings. The molecule has 2 N–H and O–H groups in total. The first-order valence-electron chi connectivity index (χ1n) is 5.72. The van der Waals surface area contributed by atoms with Crippen LogP contribution in [0.25, 0.3) is 11.3 Å². The highest BCUT2D eigenvalue weighted by Crippen LogP contribution is 2.34. The van der Waals surface area contributed by atoms with Gasteiger partial charge in [-0.05, 0) is 24.3 Å². The Morgan fingerprint density at radius 1 is 0.947 bits per heavy atom. The molecule has 0 radical (unpaired) electrons. The lowest BCUT2D eigenvalue weighted by molar-refractivity contribution is 0.394. The van der Waals surface area contributed by atoms with Crippen LogP contribution in [0.15, 0.2) is 30.3 Å². The van der Waals surface area contributed by atoms with E-state index in [9.17, 15) is 0 Å². The van der Waals surface area contributed by atoms with Crippen molar-refractivity contribution >= 4 is 5.69 Å². The van der Waals surface area contributed by atoms with Gasteiger partial charge in [-0.15, -0.1) is 0 Å². The van der Waals surface area contributed by atoms with Gasteiger partial charge in [-0.25, -0.2) is 4.98 Å². The van der Waals surface area contributed by atoms with Gasteiger partial charge in [0.1, 0.15) is 11.5 Å². The third kappa shape index (κ3) is 2.54. The molecule has 1 aromatic heterocycles. The van der Waals surface area contributed by atoms with E-state index in [4.69, 9.17) is 19.9 Å². The molecule has 0 aliphatic carbocycles. The number of benzene rings is 1. The molecule has 2 rings (SSSR count). The number of aromatic nitrogens is 1. The lowest BCUT2D eigenvalue weighted by Gasteiger charge is -2.11. The van der Waals surface area contributed by atoms with E-state index in [2.05, 4.69) is 4.98 Å². The van der Waals surface area contributed by atoms with Gasteiger partial charge in [-0.3, -0.25) is 0 Å². The molecule has 0 aliphatic rings. The maximum Gasteiger partial charge on any atom is 0.237 e. The normalized spacial score (nSPS) is 10.1. The number of ether oxygens (including phenoxy) is 3. The fourth-order valence-electron chi connectivity index (χ4n) is 1.77. The monoisotopic (exact) mass is 260 g/mol. The number of nitrogens with zero attached hydrogens (tertiary/aromatic N) is 1. The predicted octanol–water partition coefficient (Wildman–Crippen LogP) is 2.36. The molecule has 5 heteroatoms. The zero-order valence-corrected chi connectivity index (χ0v) is 11.1. The van der Waals surface area contributed by atoms with Crippen molar-refractivity contribution in [1.82, 2.24) is 4.98 Å². The second-order valence-electron chi connectivity index (χ2n) is 3.86. The number of rotatable bonds is 4. The maximum absolute atomic E-state index is 5.76. The minimum absolute atomic E-state index is 0.398. The summed E-state index contributed by atoms with van der Waals surface area (Å²) in [7, 11) is 4.75. The molecule has 5 nitrogen and oxygen atoms in total. The first-order chi connectivity index (χ1) is 9.19. The number of hydrogen-bond acceptors (Lipinski definition) is 5. The Bertz CT molecular complexity index is 585. The summed E-state index contributed by atoms with van der Waals surface area (Å²) in [5.41, 5.74) is 7.83. The molecule has 0 aliphatic heterocycles. The average molecular weight is 260 g/mol. The molecule has 0 amide bonds. The van der Waals surface area contributed by atoms with Crippen LogP contribution in [0.4, 0.5) is 5.69 Å². The molecule has 0 atom stereocenters. The van der Waals surface area contributed by atoms with E-state index >= 15 is 0 Å². The van der Waals surface area contributed by atoms with Gasteiger partial charge >= 0.3 is 0 Å². The molecule has 0 unspecified atom stereocenters. The fraction of sp³-hybridized carbons (Fsp3) is 0.214. The number of nitrogen functional groups attached to an aromatic ring is 1. The largest absolute Gasteiger partial charge is 0.497 e. The van der Waals surface area contributed by atoms with E-state index in [0.29, 0.717) is 17.3 Å². The average Bonchev–Trinajstić information content (AvgIpc) is 2.47. The molecular formula is C14H16N2O3. The van der Waals surface area contributed by atoms with Crippen molar-refractivity contribution in [2.45, 2.75) is 0 Å². The Kier molecular flexibility index (Phi) is 3.75. The third-order valence-corrected chi connectivity index (χ3v) is 2.77. The molecule has 0 spiro atoms. The van der Waals surface area contributed by atoms with Crippen molar-refractivity contribution in [3.63, 3.8) is 0 Å². The Hall–Kier alpha value is -2.43. The summed E-state index contributed by atoms with van der Waals surface area (Å²) in [5, 5.41) is 0. The smallest absolute Gasteiger partial charge is 0.237 e.